The van der Waals surface area contributed by atoms with E-state index in [0.717, 1.165) is 0 Å². The van der Waals surface area contributed by atoms with Crippen LogP contribution in [0, 0.1) is 0 Å². The zero-order valence-electron chi connectivity index (χ0n) is 16.4. The predicted octanol–water partition coefficient (Wildman–Crippen LogP) is -2.52. The lowest BCUT2D eigenvalue weighted by Crippen LogP contribution is -2.58. The lowest BCUT2D eigenvalue weighted by atomic mass is 10.1. The molecule has 0 spiro atoms. The van der Waals surface area contributed by atoms with Crippen molar-refractivity contribution < 1.29 is 39.3 Å². The highest BCUT2D eigenvalue weighted by molar-refractivity contribution is 7.98. The molecule has 5 unspecified atom stereocenters. The minimum Gasteiger partial charge on any atom is -0.481 e. The van der Waals surface area contributed by atoms with Crippen LogP contribution in [0.5, 0.6) is 0 Å². The van der Waals surface area contributed by atoms with Gasteiger partial charge in [-0.25, -0.2) is 4.79 Å². The molecule has 29 heavy (non-hydrogen) atoms. The van der Waals surface area contributed by atoms with E-state index in [-0.39, 0.29) is 6.42 Å². The Bertz CT molecular complexity index is 614. The molecule has 0 bridgehead atoms. The van der Waals surface area contributed by atoms with Crippen LogP contribution >= 0.6 is 11.8 Å². The Balaban J connectivity index is 5.39. The lowest BCUT2D eigenvalue weighted by molar-refractivity contribution is -0.145. The minimum absolute atomic E-state index is 0.103. The Labute approximate surface area is 172 Å². The van der Waals surface area contributed by atoms with Crippen molar-refractivity contribution in [2.45, 2.75) is 57.0 Å². The molecule has 0 fully saturated rings. The molecule has 0 aliphatic rings. The van der Waals surface area contributed by atoms with Crippen LogP contribution in [0.2, 0.25) is 0 Å². The van der Waals surface area contributed by atoms with Gasteiger partial charge in [-0.15, -0.1) is 0 Å². The van der Waals surface area contributed by atoms with Crippen molar-refractivity contribution in [3.8, 4) is 0 Å². The molecular weight excluding hydrogens is 408 g/mol. The van der Waals surface area contributed by atoms with E-state index in [1.807, 2.05) is 0 Å². The van der Waals surface area contributed by atoms with Gasteiger partial charge in [0.15, 0.2) is 6.04 Å². The second kappa shape index (κ2) is 13.0. The molecule has 12 nitrogen and oxygen atoms in total. The average Bonchev–Trinajstić information content (AvgIpc) is 2.60. The van der Waals surface area contributed by atoms with Gasteiger partial charge < -0.3 is 37.0 Å². The third-order valence-corrected chi connectivity index (χ3v) is 4.36. The predicted molar refractivity (Wildman–Crippen MR) is 104 cm³/mol. The first kappa shape index (κ1) is 26.6. The maximum Gasteiger partial charge on any atom is 0.328 e. The van der Waals surface area contributed by atoms with Crippen LogP contribution in [-0.4, -0.2) is 87.3 Å². The van der Waals surface area contributed by atoms with E-state index < -0.39 is 66.4 Å². The van der Waals surface area contributed by atoms with Crippen LogP contribution in [0.25, 0.3) is 0 Å². The summed E-state index contributed by atoms with van der Waals surface area (Å²) in [6, 6.07) is -5.28. The number of aliphatic hydroxyl groups excluding tert-OH is 1. The quantitative estimate of drug-likeness (QED) is 0.161. The SMILES string of the molecule is CSCCC(NC(=O)C(CC(=O)O)NC(=O)C(C)N)C(=O)NC(C(=O)O)C(C)O. The number of rotatable bonds is 13. The maximum atomic E-state index is 12.5. The number of carbonyl (C=O) groups is 5. The van der Waals surface area contributed by atoms with Gasteiger partial charge in [0, 0.05) is 0 Å². The number of nitrogens with one attached hydrogen (secondary N) is 3. The van der Waals surface area contributed by atoms with Crippen molar-refractivity contribution in [1.82, 2.24) is 16.0 Å². The second-order valence-corrected chi connectivity index (χ2v) is 7.34. The molecule has 0 aromatic heterocycles. The highest BCUT2D eigenvalue weighted by atomic mass is 32.2. The number of aliphatic hydroxyl groups is 1. The van der Waals surface area contributed by atoms with E-state index in [9.17, 15) is 29.1 Å². The van der Waals surface area contributed by atoms with Crippen LogP contribution in [0.4, 0.5) is 0 Å². The van der Waals surface area contributed by atoms with Crippen LogP contribution in [0.1, 0.15) is 26.7 Å². The van der Waals surface area contributed by atoms with Gasteiger partial charge in [0.1, 0.15) is 12.1 Å². The van der Waals surface area contributed by atoms with E-state index in [0.29, 0.717) is 5.75 Å². The summed E-state index contributed by atoms with van der Waals surface area (Å²) in [7, 11) is 0. The monoisotopic (exact) mass is 436 g/mol. The smallest absolute Gasteiger partial charge is 0.328 e. The lowest BCUT2D eigenvalue weighted by Gasteiger charge is -2.25. The molecular formula is C16H28N4O8S. The molecule has 5 atom stereocenters. The molecule has 166 valence electrons. The molecule has 0 aliphatic carbocycles. The van der Waals surface area contributed by atoms with E-state index >= 15 is 0 Å². The highest BCUT2D eigenvalue weighted by Crippen LogP contribution is 2.05. The van der Waals surface area contributed by atoms with Crippen molar-refractivity contribution in [1.29, 1.82) is 0 Å². The first-order valence-electron chi connectivity index (χ1n) is 8.69. The molecule has 0 rings (SSSR count). The maximum absolute atomic E-state index is 12.5. The topological polar surface area (TPSA) is 208 Å². The van der Waals surface area contributed by atoms with E-state index in [1.54, 1.807) is 6.26 Å². The molecule has 0 heterocycles. The van der Waals surface area contributed by atoms with Gasteiger partial charge in [-0.3, -0.25) is 19.2 Å². The van der Waals surface area contributed by atoms with Crippen molar-refractivity contribution in [3.05, 3.63) is 0 Å². The highest BCUT2D eigenvalue weighted by Gasteiger charge is 2.32. The van der Waals surface area contributed by atoms with Crippen LogP contribution in [-0.2, 0) is 24.0 Å². The van der Waals surface area contributed by atoms with Crippen molar-refractivity contribution in [2.24, 2.45) is 5.73 Å². The summed E-state index contributed by atoms with van der Waals surface area (Å²) >= 11 is 1.36. The Morgan fingerprint density at radius 2 is 1.45 bits per heavy atom. The molecule has 3 amide bonds. The van der Waals surface area contributed by atoms with Gasteiger partial charge in [-0.1, -0.05) is 0 Å². The average molecular weight is 436 g/mol. The fraction of sp³-hybridized carbons (Fsp3) is 0.688. The summed E-state index contributed by atoms with van der Waals surface area (Å²) in [6.07, 6.45) is -0.278. The number of thioether (sulfide) groups is 1. The minimum atomic E-state index is -1.59. The third-order valence-electron chi connectivity index (χ3n) is 3.72. The summed E-state index contributed by atoms with van der Waals surface area (Å²) in [5.74, 6) is -4.96. The van der Waals surface area contributed by atoms with Crippen LogP contribution < -0.4 is 21.7 Å². The van der Waals surface area contributed by atoms with Gasteiger partial charge in [0.05, 0.1) is 18.6 Å². The van der Waals surface area contributed by atoms with Gasteiger partial charge in [0.2, 0.25) is 17.7 Å². The van der Waals surface area contributed by atoms with E-state index in [2.05, 4.69) is 16.0 Å². The standard InChI is InChI=1S/C16H28N4O8S/c1-7(17)13(24)19-10(6-11(22)23)15(26)18-9(4-5-29-3)14(25)20-12(8(2)21)16(27)28/h7-10,12,21H,4-6,17H2,1-3H3,(H,18,26)(H,19,24)(H,20,25)(H,22,23)(H,27,28). The first-order valence-corrected chi connectivity index (χ1v) is 10.1. The number of aliphatic carboxylic acids is 2. The van der Waals surface area contributed by atoms with Gasteiger partial charge in [-0.05, 0) is 32.3 Å². The van der Waals surface area contributed by atoms with Crippen molar-refractivity contribution >= 4 is 41.4 Å². The number of carboxylic acid groups (broad SMARTS) is 2. The number of nitrogens with two attached hydrogens (primary N) is 1. The van der Waals surface area contributed by atoms with Gasteiger partial charge in [-0.2, -0.15) is 11.8 Å². The summed E-state index contributed by atoms with van der Waals surface area (Å²) in [4.78, 5) is 58.8. The molecule has 0 saturated heterocycles. The molecule has 0 saturated carbocycles. The summed E-state index contributed by atoms with van der Waals surface area (Å²) in [6.45, 7) is 2.53. The molecule has 0 aromatic rings. The molecule has 13 heteroatoms. The van der Waals surface area contributed by atoms with Gasteiger partial charge >= 0.3 is 11.9 Å². The number of hydrogen-bond acceptors (Lipinski definition) is 8. The van der Waals surface area contributed by atoms with Crippen molar-refractivity contribution in [2.75, 3.05) is 12.0 Å². The van der Waals surface area contributed by atoms with Gasteiger partial charge in [0.25, 0.3) is 0 Å². The Morgan fingerprint density at radius 1 is 0.931 bits per heavy atom. The third kappa shape index (κ3) is 10.1. The molecule has 0 aliphatic heterocycles. The second-order valence-electron chi connectivity index (χ2n) is 6.36. The summed E-state index contributed by atoms with van der Waals surface area (Å²) in [5, 5.41) is 34.2. The van der Waals surface area contributed by atoms with Crippen LogP contribution in [0.3, 0.4) is 0 Å². The number of hydrogen-bond donors (Lipinski definition) is 7. The Kier molecular flexibility index (Phi) is 11.9. The first-order chi connectivity index (χ1) is 13.4. The Morgan fingerprint density at radius 3 is 1.86 bits per heavy atom. The fourth-order valence-electron chi connectivity index (χ4n) is 2.11. The van der Waals surface area contributed by atoms with E-state index in [1.165, 1.54) is 25.6 Å². The Hall–Kier alpha value is -2.38. The number of amides is 3. The molecule has 8 N–H and O–H groups in total. The molecule has 0 aromatic carbocycles. The zero-order valence-corrected chi connectivity index (χ0v) is 17.2. The number of carbonyl (C=O) groups excluding carboxylic acids is 3. The molecule has 0 radical (unpaired) electrons. The summed E-state index contributed by atoms with van der Waals surface area (Å²) < 4.78 is 0. The normalized spacial score (nSPS) is 15.9. The largest absolute Gasteiger partial charge is 0.481 e. The number of carboxylic acids is 2. The van der Waals surface area contributed by atoms with Crippen LogP contribution in [0.15, 0.2) is 0 Å². The fourth-order valence-corrected chi connectivity index (χ4v) is 2.58. The van der Waals surface area contributed by atoms with Crippen molar-refractivity contribution in [3.63, 3.8) is 0 Å². The van der Waals surface area contributed by atoms with E-state index in [4.69, 9.17) is 15.9 Å². The zero-order chi connectivity index (χ0) is 22.7. The summed E-state index contributed by atoms with van der Waals surface area (Å²) in [5.41, 5.74) is 5.40.